The van der Waals surface area contributed by atoms with E-state index in [0.717, 1.165) is 44.5 Å². The van der Waals surface area contributed by atoms with Crippen LogP contribution in [0.4, 0.5) is 0 Å². The van der Waals surface area contributed by atoms with E-state index in [4.69, 9.17) is 14.6 Å². The van der Waals surface area contributed by atoms with E-state index in [1.54, 1.807) is 0 Å². The molecule has 0 amide bonds. The van der Waals surface area contributed by atoms with E-state index in [-0.39, 0.29) is 6.10 Å². The zero-order valence-corrected chi connectivity index (χ0v) is 12.4. The van der Waals surface area contributed by atoms with Crippen molar-refractivity contribution in [2.75, 3.05) is 13.2 Å². The molecule has 0 rings (SSSR count). The highest BCUT2D eigenvalue weighted by Gasteiger charge is 2.35. The van der Waals surface area contributed by atoms with Crippen LogP contribution in [0.15, 0.2) is 0 Å². The molecule has 98 valence electrons. The van der Waals surface area contributed by atoms with Gasteiger partial charge in [0.25, 0.3) is 0 Å². The number of hydrogen-bond donors (Lipinski definition) is 1. The Bertz CT molecular complexity index is 161. The van der Waals surface area contributed by atoms with Gasteiger partial charge in [0.2, 0.25) is 0 Å². The van der Waals surface area contributed by atoms with Crippen LogP contribution in [-0.2, 0) is 8.85 Å². The molecule has 0 aromatic heterocycles. The van der Waals surface area contributed by atoms with Crippen molar-refractivity contribution < 1.29 is 8.85 Å². The lowest BCUT2D eigenvalue weighted by atomic mass is 10.2. The first-order valence-electron chi connectivity index (χ1n) is 6.65. The fourth-order valence-corrected chi connectivity index (χ4v) is 5.20. The van der Waals surface area contributed by atoms with Crippen molar-refractivity contribution in [2.24, 2.45) is 5.73 Å². The van der Waals surface area contributed by atoms with Gasteiger partial charge in [-0.1, -0.05) is 20.3 Å². The Morgan fingerprint density at radius 2 is 1.94 bits per heavy atom. The highest BCUT2D eigenvalue weighted by Crippen LogP contribution is 2.23. The zero-order valence-electron chi connectivity index (χ0n) is 11.4. The van der Waals surface area contributed by atoms with Crippen LogP contribution in [0.5, 0.6) is 0 Å². The first-order chi connectivity index (χ1) is 7.64. The Hall–Kier alpha value is 0.0969. The second-order valence-electron chi connectivity index (χ2n) is 4.31. The minimum Gasteiger partial charge on any atom is -0.394 e. The Morgan fingerprint density at radius 3 is 2.38 bits per heavy atom. The molecule has 0 spiro atoms. The summed E-state index contributed by atoms with van der Waals surface area (Å²) in [4.78, 5) is 0. The highest BCUT2D eigenvalue weighted by molar-refractivity contribution is 6.67. The maximum absolute atomic E-state index is 6.23. The van der Waals surface area contributed by atoms with E-state index in [1.165, 1.54) is 0 Å². The Kier molecular flexibility index (Phi) is 9.22. The molecule has 0 heterocycles. The van der Waals surface area contributed by atoms with Gasteiger partial charge < -0.3 is 14.6 Å². The van der Waals surface area contributed by atoms with Crippen molar-refractivity contribution in [1.82, 2.24) is 0 Å². The molecule has 4 heteroatoms. The summed E-state index contributed by atoms with van der Waals surface area (Å²) >= 11 is 0. The summed E-state index contributed by atoms with van der Waals surface area (Å²) in [7, 11) is -1.92. The molecular weight excluding hydrogens is 218 g/mol. The molecule has 16 heavy (non-hydrogen) atoms. The van der Waals surface area contributed by atoms with Gasteiger partial charge in [-0.25, -0.2) is 0 Å². The third-order valence-electron chi connectivity index (χ3n) is 2.81. The number of hydrogen-bond acceptors (Lipinski definition) is 3. The van der Waals surface area contributed by atoms with E-state index in [1.807, 2.05) is 0 Å². The maximum atomic E-state index is 6.23. The van der Waals surface area contributed by atoms with Gasteiger partial charge in [-0.2, -0.15) is 0 Å². The van der Waals surface area contributed by atoms with Crippen molar-refractivity contribution in [1.29, 1.82) is 0 Å². The lowest BCUT2D eigenvalue weighted by molar-refractivity contribution is 0.119. The van der Waals surface area contributed by atoms with Crippen LogP contribution in [0.1, 0.15) is 47.0 Å². The van der Waals surface area contributed by atoms with Crippen molar-refractivity contribution >= 4 is 8.56 Å². The number of rotatable bonds is 10. The quantitative estimate of drug-likeness (QED) is 0.604. The van der Waals surface area contributed by atoms with Gasteiger partial charge in [-0.15, -0.1) is 0 Å². The molecule has 0 saturated heterocycles. The molecule has 0 fully saturated rings. The Labute approximate surface area is 102 Å². The molecule has 3 nitrogen and oxygen atoms in total. The molecule has 2 N–H and O–H groups in total. The third kappa shape index (κ3) is 5.99. The van der Waals surface area contributed by atoms with Crippen LogP contribution in [0.2, 0.25) is 12.1 Å². The lowest BCUT2D eigenvalue weighted by Crippen LogP contribution is -2.44. The average Bonchev–Trinajstić information content (AvgIpc) is 2.27. The molecule has 0 bridgehead atoms. The SMILES string of the molecule is CCC[Si](CC)(OCC)OC(C)CCCN. The molecular formula is C12H29NO2Si. The van der Waals surface area contributed by atoms with Crippen LogP contribution in [0.3, 0.4) is 0 Å². The van der Waals surface area contributed by atoms with E-state index < -0.39 is 8.56 Å². The summed E-state index contributed by atoms with van der Waals surface area (Å²) in [5.41, 5.74) is 5.51. The van der Waals surface area contributed by atoms with E-state index in [9.17, 15) is 0 Å². The van der Waals surface area contributed by atoms with E-state index >= 15 is 0 Å². The van der Waals surface area contributed by atoms with Gasteiger partial charge in [0, 0.05) is 12.7 Å². The van der Waals surface area contributed by atoms with Crippen molar-refractivity contribution in [2.45, 2.75) is 65.1 Å². The fourth-order valence-electron chi connectivity index (χ4n) is 2.00. The Morgan fingerprint density at radius 1 is 1.25 bits per heavy atom. The molecule has 0 saturated carbocycles. The topological polar surface area (TPSA) is 44.5 Å². The minimum atomic E-state index is -1.92. The molecule has 0 aromatic carbocycles. The normalized spacial score (nSPS) is 17.1. The van der Waals surface area contributed by atoms with Crippen LogP contribution >= 0.6 is 0 Å². The third-order valence-corrected chi connectivity index (χ3v) is 6.79. The first-order valence-corrected chi connectivity index (χ1v) is 8.89. The summed E-state index contributed by atoms with van der Waals surface area (Å²) in [5.74, 6) is 0. The van der Waals surface area contributed by atoms with Crippen LogP contribution in [0, 0.1) is 0 Å². The van der Waals surface area contributed by atoms with Crippen molar-refractivity contribution in [3.8, 4) is 0 Å². The molecule has 0 aliphatic rings. The van der Waals surface area contributed by atoms with Gasteiger partial charge in [0.1, 0.15) is 0 Å². The lowest BCUT2D eigenvalue weighted by Gasteiger charge is -2.32. The molecule has 2 unspecified atom stereocenters. The van der Waals surface area contributed by atoms with Crippen LogP contribution < -0.4 is 5.73 Å². The van der Waals surface area contributed by atoms with Crippen LogP contribution in [0.25, 0.3) is 0 Å². The Balaban J connectivity index is 4.26. The van der Waals surface area contributed by atoms with E-state index in [2.05, 4.69) is 27.7 Å². The predicted molar refractivity (Wildman–Crippen MR) is 71.8 cm³/mol. The van der Waals surface area contributed by atoms with Gasteiger partial charge in [0.05, 0.1) is 0 Å². The largest absolute Gasteiger partial charge is 0.394 e. The summed E-state index contributed by atoms with van der Waals surface area (Å²) in [6.07, 6.45) is 3.51. The molecule has 0 aliphatic heterocycles. The summed E-state index contributed by atoms with van der Waals surface area (Å²) in [5, 5.41) is 0. The van der Waals surface area contributed by atoms with Gasteiger partial charge in [0.15, 0.2) is 0 Å². The minimum absolute atomic E-state index is 0.285. The second-order valence-corrected chi connectivity index (χ2v) is 7.86. The van der Waals surface area contributed by atoms with Gasteiger partial charge in [-0.3, -0.25) is 0 Å². The monoisotopic (exact) mass is 247 g/mol. The molecule has 0 radical (unpaired) electrons. The van der Waals surface area contributed by atoms with Gasteiger partial charge >= 0.3 is 8.56 Å². The van der Waals surface area contributed by atoms with Crippen molar-refractivity contribution in [3.05, 3.63) is 0 Å². The van der Waals surface area contributed by atoms with E-state index in [0.29, 0.717) is 0 Å². The van der Waals surface area contributed by atoms with Crippen molar-refractivity contribution in [3.63, 3.8) is 0 Å². The first kappa shape index (κ1) is 16.1. The predicted octanol–water partition coefficient (Wildman–Crippen LogP) is 3.04. The second kappa shape index (κ2) is 9.16. The molecule has 0 aliphatic carbocycles. The molecule has 0 aromatic rings. The zero-order chi connectivity index (χ0) is 12.4. The summed E-state index contributed by atoms with van der Waals surface area (Å²) in [6, 6.07) is 2.14. The van der Waals surface area contributed by atoms with Crippen LogP contribution in [-0.4, -0.2) is 27.8 Å². The highest BCUT2D eigenvalue weighted by atomic mass is 28.4. The number of nitrogens with two attached hydrogens (primary N) is 1. The summed E-state index contributed by atoms with van der Waals surface area (Å²) < 4.78 is 12.2. The fraction of sp³-hybridized carbons (Fsp3) is 1.00. The smallest absolute Gasteiger partial charge is 0.338 e. The molecule has 2 atom stereocenters. The standard InChI is InChI=1S/C12H29NO2Si/c1-5-11-16(7-3,14-6-2)15-12(4)9-8-10-13/h12H,5-11,13H2,1-4H3. The maximum Gasteiger partial charge on any atom is 0.338 e. The summed E-state index contributed by atoms with van der Waals surface area (Å²) in [6.45, 7) is 10.1. The van der Waals surface area contributed by atoms with Gasteiger partial charge in [-0.05, 0) is 45.3 Å². The average molecular weight is 247 g/mol.